The average Bonchev–Trinajstić information content (AvgIpc) is 3.51. The SMILES string of the molecule is COc1ccc(/C=N\NC(=O)C(=O)NC2CC2)cc1OCc1ccccc1. The highest BCUT2D eigenvalue weighted by Gasteiger charge is 2.26. The Kier molecular flexibility index (Phi) is 6.04. The molecule has 0 aliphatic heterocycles. The van der Waals surface area contributed by atoms with Crippen LogP contribution in [-0.2, 0) is 16.2 Å². The normalized spacial score (nSPS) is 13.2. The van der Waals surface area contributed by atoms with Gasteiger partial charge in [-0.1, -0.05) is 30.3 Å². The minimum Gasteiger partial charge on any atom is -0.493 e. The number of amides is 2. The Morgan fingerprint density at radius 1 is 1.11 bits per heavy atom. The van der Waals surface area contributed by atoms with Gasteiger partial charge in [-0.25, -0.2) is 5.43 Å². The zero-order valence-corrected chi connectivity index (χ0v) is 15.0. The first-order valence-electron chi connectivity index (χ1n) is 8.64. The smallest absolute Gasteiger partial charge is 0.329 e. The molecule has 0 saturated heterocycles. The molecule has 0 radical (unpaired) electrons. The summed E-state index contributed by atoms with van der Waals surface area (Å²) in [5.74, 6) is -0.303. The summed E-state index contributed by atoms with van der Waals surface area (Å²) >= 11 is 0. The summed E-state index contributed by atoms with van der Waals surface area (Å²) in [6.07, 6.45) is 3.27. The van der Waals surface area contributed by atoms with Crippen LogP contribution in [-0.4, -0.2) is 31.2 Å². The van der Waals surface area contributed by atoms with E-state index >= 15 is 0 Å². The fourth-order valence-corrected chi connectivity index (χ4v) is 2.32. The van der Waals surface area contributed by atoms with Crippen molar-refractivity contribution in [3.05, 3.63) is 59.7 Å². The van der Waals surface area contributed by atoms with Crippen LogP contribution >= 0.6 is 0 Å². The van der Waals surface area contributed by atoms with Crippen LogP contribution in [0.3, 0.4) is 0 Å². The van der Waals surface area contributed by atoms with Gasteiger partial charge in [0, 0.05) is 6.04 Å². The Hall–Kier alpha value is -3.35. The van der Waals surface area contributed by atoms with Gasteiger partial charge in [0.25, 0.3) is 0 Å². The Balaban J connectivity index is 1.59. The molecule has 7 heteroatoms. The van der Waals surface area contributed by atoms with E-state index in [9.17, 15) is 9.59 Å². The molecule has 0 bridgehead atoms. The molecule has 2 N–H and O–H groups in total. The first-order valence-corrected chi connectivity index (χ1v) is 8.64. The topological polar surface area (TPSA) is 89.0 Å². The van der Waals surface area contributed by atoms with Gasteiger partial charge in [0.1, 0.15) is 6.61 Å². The Bertz CT molecular complexity index is 832. The molecule has 2 aromatic carbocycles. The highest BCUT2D eigenvalue weighted by atomic mass is 16.5. The minimum absolute atomic E-state index is 0.123. The molecule has 3 rings (SSSR count). The lowest BCUT2D eigenvalue weighted by molar-refractivity contribution is -0.139. The maximum Gasteiger partial charge on any atom is 0.329 e. The van der Waals surface area contributed by atoms with E-state index in [4.69, 9.17) is 9.47 Å². The summed E-state index contributed by atoms with van der Waals surface area (Å²) < 4.78 is 11.1. The summed E-state index contributed by atoms with van der Waals surface area (Å²) in [5, 5.41) is 6.42. The van der Waals surface area contributed by atoms with Crippen LogP contribution in [0.15, 0.2) is 53.6 Å². The third kappa shape index (κ3) is 5.57. The second-order valence-electron chi connectivity index (χ2n) is 6.13. The van der Waals surface area contributed by atoms with Gasteiger partial charge in [-0.15, -0.1) is 0 Å². The number of rotatable bonds is 7. The Morgan fingerprint density at radius 3 is 2.59 bits per heavy atom. The number of hydrogen-bond donors (Lipinski definition) is 2. The molecule has 140 valence electrons. The summed E-state index contributed by atoms with van der Waals surface area (Å²) in [7, 11) is 1.57. The van der Waals surface area contributed by atoms with Gasteiger partial charge in [0.15, 0.2) is 11.5 Å². The number of carbonyl (C=O) groups is 2. The van der Waals surface area contributed by atoms with E-state index in [1.165, 1.54) is 6.21 Å². The highest BCUT2D eigenvalue weighted by molar-refractivity contribution is 6.35. The highest BCUT2D eigenvalue weighted by Crippen LogP contribution is 2.28. The van der Waals surface area contributed by atoms with Crippen molar-refractivity contribution in [3.63, 3.8) is 0 Å². The van der Waals surface area contributed by atoms with Crippen molar-refractivity contribution in [1.29, 1.82) is 0 Å². The monoisotopic (exact) mass is 367 g/mol. The van der Waals surface area contributed by atoms with E-state index in [1.807, 2.05) is 30.3 Å². The lowest BCUT2D eigenvalue weighted by atomic mass is 10.2. The van der Waals surface area contributed by atoms with Gasteiger partial charge in [-0.2, -0.15) is 5.10 Å². The number of nitrogens with one attached hydrogen (secondary N) is 2. The predicted molar refractivity (Wildman–Crippen MR) is 101 cm³/mol. The molecule has 0 heterocycles. The second-order valence-corrected chi connectivity index (χ2v) is 6.13. The van der Waals surface area contributed by atoms with E-state index in [-0.39, 0.29) is 6.04 Å². The van der Waals surface area contributed by atoms with Crippen molar-refractivity contribution in [2.45, 2.75) is 25.5 Å². The number of methoxy groups -OCH3 is 1. The van der Waals surface area contributed by atoms with Crippen LogP contribution in [0.5, 0.6) is 11.5 Å². The first-order chi connectivity index (χ1) is 13.2. The molecule has 2 amide bonds. The van der Waals surface area contributed by atoms with Crippen molar-refractivity contribution < 1.29 is 19.1 Å². The third-order valence-corrected chi connectivity index (χ3v) is 3.92. The molecular weight excluding hydrogens is 346 g/mol. The minimum atomic E-state index is -0.785. The average molecular weight is 367 g/mol. The number of nitrogens with zero attached hydrogens (tertiary/aromatic N) is 1. The van der Waals surface area contributed by atoms with E-state index in [2.05, 4.69) is 15.8 Å². The van der Waals surface area contributed by atoms with E-state index in [0.717, 1.165) is 18.4 Å². The molecule has 1 aliphatic rings. The van der Waals surface area contributed by atoms with Gasteiger partial charge >= 0.3 is 11.8 Å². The summed E-state index contributed by atoms with van der Waals surface area (Å²) in [6.45, 7) is 0.399. The number of hydrazone groups is 1. The lowest BCUT2D eigenvalue weighted by Crippen LogP contribution is -2.38. The number of benzene rings is 2. The molecule has 0 atom stereocenters. The van der Waals surface area contributed by atoms with Crippen LogP contribution in [0, 0.1) is 0 Å². The van der Waals surface area contributed by atoms with Gasteiger partial charge < -0.3 is 14.8 Å². The van der Waals surface area contributed by atoms with Crippen LogP contribution in [0.1, 0.15) is 24.0 Å². The van der Waals surface area contributed by atoms with Crippen molar-refractivity contribution in [2.24, 2.45) is 5.10 Å². The second kappa shape index (κ2) is 8.84. The van der Waals surface area contributed by atoms with E-state index in [1.54, 1.807) is 25.3 Å². The van der Waals surface area contributed by atoms with Crippen molar-refractivity contribution in [2.75, 3.05) is 7.11 Å². The molecule has 0 aromatic heterocycles. The fourth-order valence-electron chi connectivity index (χ4n) is 2.32. The van der Waals surface area contributed by atoms with E-state index in [0.29, 0.717) is 23.7 Å². The van der Waals surface area contributed by atoms with Gasteiger partial charge in [0.2, 0.25) is 0 Å². The van der Waals surface area contributed by atoms with Crippen molar-refractivity contribution in [3.8, 4) is 11.5 Å². The molecule has 27 heavy (non-hydrogen) atoms. The zero-order chi connectivity index (χ0) is 19.1. The summed E-state index contributed by atoms with van der Waals surface area (Å²) in [5.41, 5.74) is 3.95. The largest absolute Gasteiger partial charge is 0.493 e. The number of carbonyl (C=O) groups excluding carboxylic acids is 2. The van der Waals surface area contributed by atoms with Crippen molar-refractivity contribution >= 4 is 18.0 Å². The van der Waals surface area contributed by atoms with Crippen LogP contribution < -0.4 is 20.2 Å². The maximum absolute atomic E-state index is 11.6. The molecule has 0 spiro atoms. The Morgan fingerprint density at radius 2 is 1.89 bits per heavy atom. The molecule has 2 aromatic rings. The van der Waals surface area contributed by atoms with Crippen LogP contribution in [0.4, 0.5) is 0 Å². The summed E-state index contributed by atoms with van der Waals surface area (Å²) in [6, 6.07) is 15.2. The molecular formula is C20H21N3O4. The lowest BCUT2D eigenvalue weighted by Gasteiger charge is -2.11. The molecule has 1 saturated carbocycles. The summed E-state index contributed by atoms with van der Waals surface area (Å²) in [4.78, 5) is 23.2. The van der Waals surface area contributed by atoms with Gasteiger partial charge in [-0.3, -0.25) is 9.59 Å². The first kappa shape index (κ1) is 18.4. The number of hydrogen-bond acceptors (Lipinski definition) is 5. The maximum atomic E-state index is 11.6. The predicted octanol–water partition coefficient (Wildman–Crippen LogP) is 2.00. The number of ether oxygens (including phenoxy) is 2. The molecule has 7 nitrogen and oxygen atoms in total. The zero-order valence-electron chi connectivity index (χ0n) is 15.0. The quantitative estimate of drug-likeness (QED) is 0.445. The van der Waals surface area contributed by atoms with Gasteiger partial charge in [-0.05, 0) is 42.2 Å². The molecule has 1 fully saturated rings. The van der Waals surface area contributed by atoms with Crippen LogP contribution in [0.25, 0.3) is 0 Å². The fraction of sp³-hybridized carbons (Fsp3) is 0.250. The third-order valence-electron chi connectivity index (χ3n) is 3.92. The van der Waals surface area contributed by atoms with Crippen LogP contribution in [0.2, 0.25) is 0 Å². The Labute approximate surface area is 157 Å². The van der Waals surface area contributed by atoms with Gasteiger partial charge in [0.05, 0.1) is 13.3 Å². The van der Waals surface area contributed by atoms with Crippen molar-refractivity contribution in [1.82, 2.24) is 10.7 Å². The van der Waals surface area contributed by atoms with E-state index < -0.39 is 11.8 Å². The molecule has 0 unspecified atom stereocenters. The molecule has 1 aliphatic carbocycles. The standard InChI is InChI=1S/C20H21N3O4/c1-26-17-10-7-15(11-18(17)27-13-14-5-3-2-4-6-14)12-21-23-20(25)19(24)22-16-8-9-16/h2-7,10-12,16H,8-9,13H2,1H3,(H,22,24)(H,23,25)/b21-12-.